The number of carbonyl (C=O) groups excluding carboxylic acids is 1. The second kappa shape index (κ2) is 4.78. The summed E-state index contributed by atoms with van der Waals surface area (Å²) in [7, 11) is 0. The largest absolute Gasteiger partial charge is 0.344 e. The fourth-order valence-electron chi connectivity index (χ4n) is 2.26. The number of rotatable bonds is 2. The Morgan fingerprint density at radius 2 is 2.39 bits per heavy atom. The molecule has 0 radical (unpaired) electrons. The van der Waals surface area contributed by atoms with Crippen LogP contribution in [0.1, 0.15) is 34.1 Å². The van der Waals surface area contributed by atoms with Crippen LogP contribution in [0.3, 0.4) is 0 Å². The molecule has 2 aromatic rings. The molecule has 92 valence electrons. The summed E-state index contributed by atoms with van der Waals surface area (Å²) in [5, 5.41) is 8.45. The van der Waals surface area contributed by atoms with E-state index in [1.807, 2.05) is 12.1 Å². The first-order valence-corrected chi connectivity index (χ1v) is 7.24. The van der Waals surface area contributed by atoms with Crippen molar-refractivity contribution in [2.24, 2.45) is 0 Å². The van der Waals surface area contributed by atoms with E-state index in [1.165, 1.54) is 22.7 Å². The lowest BCUT2D eigenvalue weighted by Crippen LogP contribution is -2.27. The van der Waals surface area contributed by atoms with Crippen molar-refractivity contribution >= 4 is 33.4 Å². The van der Waals surface area contributed by atoms with Crippen LogP contribution in [0.2, 0.25) is 0 Å². The smallest absolute Gasteiger partial charge is 0.273 e. The molecular formula is C12H10BrN3OS. The normalized spacial score (nSPS) is 17.5. The minimum atomic E-state index is -0.151. The molecule has 0 aliphatic heterocycles. The molecule has 0 fully saturated rings. The lowest BCUT2D eigenvalue weighted by Gasteiger charge is -2.13. The van der Waals surface area contributed by atoms with Crippen LogP contribution in [0.25, 0.3) is 0 Å². The summed E-state index contributed by atoms with van der Waals surface area (Å²) >= 11 is 4.73. The van der Waals surface area contributed by atoms with Gasteiger partial charge in [0.1, 0.15) is 0 Å². The van der Waals surface area contributed by atoms with E-state index >= 15 is 0 Å². The minimum Gasteiger partial charge on any atom is -0.344 e. The molecule has 1 aliphatic rings. The van der Waals surface area contributed by atoms with Crippen LogP contribution in [0.4, 0.5) is 0 Å². The number of fused-ring (bicyclic) bond motifs is 1. The molecule has 1 aliphatic carbocycles. The third kappa shape index (κ3) is 2.06. The number of hydrogen-bond donors (Lipinski definition) is 1. The molecule has 0 saturated carbocycles. The number of aromatic nitrogens is 2. The van der Waals surface area contributed by atoms with Crippen molar-refractivity contribution in [1.82, 2.24) is 14.9 Å². The highest BCUT2D eigenvalue weighted by molar-refractivity contribution is 9.10. The second-order valence-electron chi connectivity index (χ2n) is 4.16. The number of halogens is 1. The van der Waals surface area contributed by atoms with Crippen molar-refractivity contribution in [3.05, 3.63) is 44.9 Å². The van der Waals surface area contributed by atoms with Crippen LogP contribution in [-0.2, 0) is 6.42 Å². The van der Waals surface area contributed by atoms with E-state index in [0.717, 1.165) is 17.3 Å². The molecule has 1 amide bonds. The zero-order valence-electron chi connectivity index (χ0n) is 9.39. The molecule has 0 saturated heterocycles. The zero-order valence-corrected chi connectivity index (χ0v) is 11.8. The highest BCUT2D eigenvalue weighted by Gasteiger charge is 2.26. The first kappa shape index (κ1) is 11.8. The molecule has 1 aromatic heterocycles. The molecule has 18 heavy (non-hydrogen) atoms. The Morgan fingerprint density at radius 1 is 1.50 bits per heavy atom. The van der Waals surface area contributed by atoms with E-state index in [9.17, 15) is 4.79 Å². The Hall–Kier alpha value is -1.27. The SMILES string of the molecule is O=C(NC1CCc2c(Br)cccc21)c1csnn1. The first-order chi connectivity index (χ1) is 8.75. The average Bonchev–Trinajstić information content (AvgIpc) is 2.99. The van der Waals surface area contributed by atoms with Gasteiger partial charge in [0.2, 0.25) is 0 Å². The van der Waals surface area contributed by atoms with Crippen LogP contribution >= 0.6 is 27.5 Å². The monoisotopic (exact) mass is 323 g/mol. The van der Waals surface area contributed by atoms with Gasteiger partial charge >= 0.3 is 0 Å². The molecule has 6 heteroatoms. The maximum absolute atomic E-state index is 11.9. The fourth-order valence-corrected chi connectivity index (χ4v) is 3.27. The number of hydrogen-bond acceptors (Lipinski definition) is 4. The predicted molar refractivity (Wildman–Crippen MR) is 72.6 cm³/mol. The number of benzene rings is 1. The molecule has 3 rings (SSSR count). The molecule has 0 bridgehead atoms. The van der Waals surface area contributed by atoms with E-state index in [-0.39, 0.29) is 11.9 Å². The third-order valence-corrected chi connectivity index (χ3v) is 4.36. The van der Waals surface area contributed by atoms with Gasteiger partial charge in [-0.05, 0) is 41.6 Å². The Morgan fingerprint density at radius 3 is 3.17 bits per heavy atom. The van der Waals surface area contributed by atoms with Crippen LogP contribution in [0.5, 0.6) is 0 Å². The Labute approximate surface area is 117 Å². The van der Waals surface area contributed by atoms with E-state index in [0.29, 0.717) is 5.69 Å². The highest BCUT2D eigenvalue weighted by atomic mass is 79.9. The van der Waals surface area contributed by atoms with E-state index in [4.69, 9.17) is 0 Å². The zero-order chi connectivity index (χ0) is 12.5. The Bertz CT molecular complexity index is 585. The van der Waals surface area contributed by atoms with Crippen LogP contribution in [0.15, 0.2) is 28.1 Å². The van der Waals surface area contributed by atoms with E-state index in [2.05, 4.69) is 36.9 Å². The van der Waals surface area contributed by atoms with Gasteiger partial charge in [-0.3, -0.25) is 4.79 Å². The van der Waals surface area contributed by atoms with Gasteiger partial charge in [0.05, 0.1) is 6.04 Å². The van der Waals surface area contributed by atoms with Gasteiger partial charge in [-0.25, -0.2) is 0 Å². The predicted octanol–water partition coefficient (Wildman–Crippen LogP) is 2.72. The number of nitrogens with one attached hydrogen (secondary N) is 1. The highest BCUT2D eigenvalue weighted by Crippen LogP contribution is 2.35. The number of amides is 1. The Kier molecular flexibility index (Phi) is 3.13. The number of carbonyl (C=O) groups is 1. The maximum Gasteiger partial charge on any atom is 0.273 e. The van der Waals surface area contributed by atoms with Crippen LogP contribution < -0.4 is 5.32 Å². The third-order valence-electron chi connectivity index (χ3n) is 3.11. The van der Waals surface area contributed by atoms with Crippen molar-refractivity contribution in [1.29, 1.82) is 0 Å². The quantitative estimate of drug-likeness (QED) is 0.924. The lowest BCUT2D eigenvalue weighted by atomic mass is 10.1. The van der Waals surface area contributed by atoms with Crippen molar-refractivity contribution in [2.75, 3.05) is 0 Å². The topological polar surface area (TPSA) is 54.9 Å². The lowest BCUT2D eigenvalue weighted by molar-refractivity contribution is 0.0931. The first-order valence-electron chi connectivity index (χ1n) is 5.61. The minimum absolute atomic E-state index is 0.0756. The van der Waals surface area contributed by atoms with Crippen LogP contribution in [0, 0.1) is 0 Å². The van der Waals surface area contributed by atoms with E-state index in [1.54, 1.807) is 5.38 Å². The standard InChI is InChI=1S/C12H10BrN3OS/c13-9-3-1-2-8-7(9)4-5-10(8)14-12(17)11-6-18-16-15-11/h1-3,6,10H,4-5H2,(H,14,17). The van der Waals surface area contributed by atoms with Gasteiger partial charge in [-0.2, -0.15) is 0 Å². The summed E-state index contributed by atoms with van der Waals surface area (Å²) in [5.74, 6) is -0.151. The van der Waals surface area contributed by atoms with Gasteiger partial charge < -0.3 is 5.32 Å². The van der Waals surface area contributed by atoms with E-state index < -0.39 is 0 Å². The van der Waals surface area contributed by atoms with Gasteiger partial charge in [-0.1, -0.05) is 32.6 Å². The fraction of sp³-hybridized carbons (Fsp3) is 0.250. The van der Waals surface area contributed by atoms with Gasteiger partial charge in [0.25, 0.3) is 5.91 Å². The summed E-state index contributed by atoms with van der Waals surface area (Å²) < 4.78 is 4.82. The van der Waals surface area contributed by atoms with Gasteiger partial charge in [-0.15, -0.1) is 5.10 Å². The molecule has 1 unspecified atom stereocenters. The summed E-state index contributed by atoms with van der Waals surface area (Å²) in [4.78, 5) is 11.9. The summed E-state index contributed by atoms with van der Waals surface area (Å²) in [6.07, 6.45) is 1.91. The molecule has 1 atom stereocenters. The van der Waals surface area contributed by atoms with Crippen LogP contribution in [-0.4, -0.2) is 15.5 Å². The molecule has 1 aromatic carbocycles. The van der Waals surface area contributed by atoms with Crippen molar-refractivity contribution in [3.63, 3.8) is 0 Å². The van der Waals surface area contributed by atoms with Crippen molar-refractivity contribution in [2.45, 2.75) is 18.9 Å². The summed E-state index contributed by atoms with van der Waals surface area (Å²) in [6.45, 7) is 0. The van der Waals surface area contributed by atoms with Crippen molar-refractivity contribution in [3.8, 4) is 0 Å². The van der Waals surface area contributed by atoms with Gasteiger partial charge in [0, 0.05) is 9.85 Å². The van der Waals surface area contributed by atoms with Crippen molar-refractivity contribution < 1.29 is 4.79 Å². The summed E-state index contributed by atoms with van der Waals surface area (Å²) in [6, 6.07) is 6.18. The summed E-state index contributed by atoms with van der Waals surface area (Å²) in [5.41, 5.74) is 2.88. The second-order valence-corrected chi connectivity index (χ2v) is 5.63. The Balaban J connectivity index is 1.81. The molecule has 0 spiro atoms. The molecular weight excluding hydrogens is 314 g/mol. The number of nitrogens with zero attached hydrogens (tertiary/aromatic N) is 2. The molecule has 1 heterocycles. The molecule has 1 N–H and O–H groups in total. The van der Waals surface area contributed by atoms with Gasteiger partial charge in [0.15, 0.2) is 5.69 Å². The maximum atomic E-state index is 11.9. The average molecular weight is 324 g/mol. The molecule has 4 nitrogen and oxygen atoms in total.